The van der Waals surface area contributed by atoms with Gasteiger partial charge in [0, 0.05) is 31.4 Å². The second-order valence-corrected chi connectivity index (χ2v) is 9.19. The monoisotopic (exact) mass is 463 g/mol. The van der Waals surface area contributed by atoms with Crippen LogP contribution in [0.15, 0.2) is 42.5 Å². The molecule has 0 aromatic heterocycles. The number of methoxy groups -OCH3 is 2. The number of carbonyl (C=O) groups excluding carboxylic acids is 1. The first-order chi connectivity index (χ1) is 15.2. The Morgan fingerprint density at radius 3 is 2.03 bits per heavy atom. The third-order valence-electron chi connectivity index (χ3n) is 5.24. The molecule has 1 atom stereocenters. The van der Waals surface area contributed by atoms with Crippen LogP contribution in [0, 0.1) is 0 Å². The molecule has 9 heteroatoms. The quantitative estimate of drug-likeness (QED) is 0.551. The standard InChI is InChI=1S/C23H33N3O5S/c1-7-25(8-2)19-11-9-18(10-12-19)16-24-23(27)17(3)26(32(6,28)29)20-13-14-21(30-4)22(15-20)31-5/h9-15,17H,7-8,16H2,1-6H3,(H,24,27). The summed E-state index contributed by atoms with van der Waals surface area (Å²) in [4.78, 5) is 15.1. The van der Waals surface area contributed by atoms with Crippen molar-refractivity contribution in [1.29, 1.82) is 0 Å². The lowest BCUT2D eigenvalue weighted by Gasteiger charge is -2.28. The van der Waals surface area contributed by atoms with Gasteiger partial charge in [-0.15, -0.1) is 0 Å². The number of nitrogens with one attached hydrogen (secondary N) is 1. The van der Waals surface area contributed by atoms with Gasteiger partial charge in [-0.2, -0.15) is 0 Å². The number of sulfonamides is 1. The van der Waals surface area contributed by atoms with E-state index in [2.05, 4.69) is 24.1 Å². The van der Waals surface area contributed by atoms with Crippen molar-refractivity contribution in [2.24, 2.45) is 0 Å². The molecular weight excluding hydrogens is 430 g/mol. The first kappa shape index (κ1) is 25.3. The van der Waals surface area contributed by atoms with Crippen LogP contribution in [-0.2, 0) is 21.4 Å². The van der Waals surface area contributed by atoms with Crippen molar-refractivity contribution >= 4 is 27.3 Å². The molecule has 1 N–H and O–H groups in total. The second kappa shape index (κ2) is 11.1. The third kappa shape index (κ3) is 6.06. The SMILES string of the molecule is CCN(CC)c1ccc(CNC(=O)C(C)N(c2ccc(OC)c(OC)c2)S(C)(=O)=O)cc1. The van der Waals surface area contributed by atoms with Gasteiger partial charge in [0.05, 0.1) is 26.2 Å². The van der Waals surface area contributed by atoms with Crippen LogP contribution < -0.4 is 24.0 Å². The van der Waals surface area contributed by atoms with Crippen LogP contribution in [0.5, 0.6) is 11.5 Å². The molecule has 2 rings (SSSR count). The van der Waals surface area contributed by atoms with Gasteiger partial charge >= 0.3 is 0 Å². The van der Waals surface area contributed by atoms with Crippen LogP contribution in [0.2, 0.25) is 0 Å². The Labute approximate surface area is 191 Å². The molecule has 1 unspecified atom stereocenters. The highest BCUT2D eigenvalue weighted by Gasteiger charge is 2.29. The number of hydrogen-bond acceptors (Lipinski definition) is 6. The van der Waals surface area contributed by atoms with E-state index in [1.165, 1.54) is 20.3 Å². The van der Waals surface area contributed by atoms with E-state index >= 15 is 0 Å². The predicted octanol–water partition coefficient (Wildman–Crippen LogP) is 3.02. The average Bonchev–Trinajstić information content (AvgIpc) is 2.78. The summed E-state index contributed by atoms with van der Waals surface area (Å²) in [7, 11) is -0.777. The molecule has 2 aromatic rings. The number of rotatable bonds is 11. The van der Waals surface area contributed by atoms with E-state index in [1.54, 1.807) is 19.1 Å². The van der Waals surface area contributed by atoms with Gasteiger partial charge in [-0.05, 0) is 50.6 Å². The number of hydrogen-bond donors (Lipinski definition) is 1. The number of ether oxygens (including phenoxy) is 2. The number of carbonyl (C=O) groups is 1. The Balaban J connectivity index is 2.17. The summed E-state index contributed by atoms with van der Waals surface area (Å²) in [6.07, 6.45) is 1.07. The summed E-state index contributed by atoms with van der Waals surface area (Å²) in [5.41, 5.74) is 2.37. The van der Waals surface area contributed by atoms with Crippen LogP contribution in [-0.4, -0.2) is 53.9 Å². The van der Waals surface area contributed by atoms with Gasteiger partial charge in [0.25, 0.3) is 0 Å². The molecule has 2 aromatic carbocycles. The molecule has 0 aliphatic rings. The van der Waals surface area contributed by atoms with Gasteiger partial charge in [-0.1, -0.05) is 12.1 Å². The molecule has 0 fully saturated rings. The lowest BCUT2D eigenvalue weighted by molar-refractivity contribution is -0.122. The zero-order valence-electron chi connectivity index (χ0n) is 19.6. The number of benzene rings is 2. The van der Waals surface area contributed by atoms with Gasteiger partial charge in [0.15, 0.2) is 11.5 Å². The van der Waals surface area contributed by atoms with E-state index in [9.17, 15) is 13.2 Å². The summed E-state index contributed by atoms with van der Waals surface area (Å²) in [5, 5.41) is 2.83. The fourth-order valence-corrected chi connectivity index (χ4v) is 4.69. The smallest absolute Gasteiger partial charge is 0.243 e. The maximum absolute atomic E-state index is 12.8. The fourth-order valence-electron chi connectivity index (χ4n) is 3.52. The molecule has 8 nitrogen and oxygen atoms in total. The van der Waals surface area contributed by atoms with E-state index in [1.807, 2.05) is 24.3 Å². The Morgan fingerprint density at radius 1 is 0.969 bits per heavy atom. The lowest BCUT2D eigenvalue weighted by atomic mass is 10.2. The highest BCUT2D eigenvalue weighted by molar-refractivity contribution is 7.92. The molecule has 0 radical (unpaired) electrons. The summed E-state index contributed by atoms with van der Waals surface area (Å²) in [6.45, 7) is 7.89. The highest BCUT2D eigenvalue weighted by Crippen LogP contribution is 2.33. The third-order valence-corrected chi connectivity index (χ3v) is 6.48. The van der Waals surface area contributed by atoms with Crippen LogP contribution >= 0.6 is 0 Å². The Bertz CT molecular complexity index is 1000. The lowest BCUT2D eigenvalue weighted by Crippen LogP contribution is -2.47. The zero-order chi connectivity index (χ0) is 23.9. The number of amides is 1. The van der Waals surface area contributed by atoms with Crippen LogP contribution in [0.3, 0.4) is 0 Å². The van der Waals surface area contributed by atoms with Crippen LogP contribution in [0.1, 0.15) is 26.3 Å². The average molecular weight is 464 g/mol. The summed E-state index contributed by atoms with van der Waals surface area (Å²) >= 11 is 0. The minimum Gasteiger partial charge on any atom is -0.493 e. The van der Waals surface area contributed by atoms with E-state index in [0.717, 1.165) is 34.9 Å². The molecule has 1 amide bonds. The summed E-state index contributed by atoms with van der Waals surface area (Å²) in [6, 6.07) is 11.7. The van der Waals surface area contributed by atoms with Crippen LogP contribution in [0.4, 0.5) is 11.4 Å². The largest absolute Gasteiger partial charge is 0.493 e. The molecule has 0 aliphatic heterocycles. The minimum absolute atomic E-state index is 0.297. The maximum atomic E-state index is 12.8. The molecule has 0 aliphatic carbocycles. The zero-order valence-corrected chi connectivity index (χ0v) is 20.4. The minimum atomic E-state index is -3.74. The van der Waals surface area contributed by atoms with Gasteiger partial charge in [0.2, 0.25) is 15.9 Å². The van der Waals surface area contributed by atoms with Gasteiger partial charge in [0.1, 0.15) is 6.04 Å². The number of anilines is 2. The predicted molar refractivity (Wildman–Crippen MR) is 128 cm³/mol. The maximum Gasteiger partial charge on any atom is 0.243 e. The first-order valence-corrected chi connectivity index (χ1v) is 12.3. The van der Waals surface area contributed by atoms with Crippen LogP contribution in [0.25, 0.3) is 0 Å². The van der Waals surface area contributed by atoms with Gasteiger partial charge in [-0.3, -0.25) is 9.10 Å². The van der Waals surface area contributed by atoms with Crippen molar-refractivity contribution < 1.29 is 22.7 Å². The summed E-state index contributed by atoms with van der Waals surface area (Å²) in [5.74, 6) is 0.438. The van der Waals surface area contributed by atoms with Crippen molar-refractivity contribution in [3.05, 3.63) is 48.0 Å². The first-order valence-electron chi connectivity index (χ1n) is 10.5. The molecular formula is C23H33N3O5S. The van der Waals surface area contributed by atoms with Crippen molar-refractivity contribution in [3.8, 4) is 11.5 Å². The Hall–Kier alpha value is -2.94. The molecule has 176 valence electrons. The number of nitrogens with zero attached hydrogens (tertiary/aromatic N) is 2. The van der Waals surface area contributed by atoms with E-state index in [-0.39, 0.29) is 0 Å². The molecule has 0 saturated carbocycles. The van der Waals surface area contributed by atoms with Crippen molar-refractivity contribution in [1.82, 2.24) is 5.32 Å². The molecule has 0 heterocycles. The molecule has 0 saturated heterocycles. The second-order valence-electron chi connectivity index (χ2n) is 7.33. The van der Waals surface area contributed by atoms with Crippen molar-refractivity contribution in [2.75, 3.05) is 42.8 Å². The van der Waals surface area contributed by atoms with Crippen molar-refractivity contribution in [2.45, 2.75) is 33.4 Å². The molecule has 0 spiro atoms. The molecule has 32 heavy (non-hydrogen) atoms. The van der Waals surface area contributed by atoms with Crippen molar-refractivity contribution in [3.63, 3.8) is 0 Å². The topological polar surface area (TPSA) is 88.2 Å². The Morgan fingerprint density at radius 2 is 1.53 bits per heavy atom. The molecule has 0 bridgehead atoms. The Kier molecular flexibility index (Phi) is 8.77. The van der Waals surface area contributed by atoms with E-state index in [0.29, 0.717) is 23.7 Å². The normalized spacial score (nSPS) is 12.1. The van der Waals surface area contributed by atoms with Gasteiger partial charge < -0.3 is 19.7 Å². The van der Waals surface area contributed by atoms with Gasteiger partial charge in [-0.25, -0.2) is 8.42 Å². The van der Waals surface area contributed by atoms with E-state index < -0.39 is 22.0 Å². The highest BCUT2D eigenvalue weighted by atomic mass is 32.2. The fraction of sp³-hybridized carbons (Fsp3) is 0.435. The summed E-state index contributed by atoms with van der Waals surface area (Å²) < 4.78 is 36.6. The van der Waals surface area contributed by atoms with E-state index in [4.69, 9.17) is 9.47 Å².